The van der Waals surface area contributed by atoms with Crippen molar-refractivity contribution in [1.29, 1.82) is 0 Å². The molecule has 1 saturated heterocycles. The summed E-state index contributed by atoms with van der Waals surface area (Å²) in [6, 6.07) is 0.962. The van der Waals surface area contributed by atoms with Crippen molar-refractivity contribution in [3.63, 3.8) is 0 Å². The first-order chi connectivity index (χ1) is 9.82. The molecule has 0 bridgehead atoms. The highest BCUT2D eigenvalue weighted by Gasteiger charge is 2.34. The van der Waals surface area contributed by atoms with Gasteiger partial charge in [0.25, 0.3) is 0 Å². The number of nitrogens with one attached hydrogen (secondary N) is 2. The summed E-state index contributed by atoms with van der Waals surface area (Å²) in [6.45, 7) is 4.97. The molecule has 1 aliphatic heterocycles. The normalized spacial score (nSPS) is 22.3. The lowest BCUT2D eigenvalue weighted by molar-refractivity contribution is -0.141. The highest BCUT2D eigenvalue weighted by molar-refractivity contribution is 8.00. The molecule has 2 rings (SSSR count). The summed E-state index contributed by atoms with van der Waals surface area (Å²) in [5.41, 5.74) is -0.930. The standard InChI is InChI=1S/C13H19F3N4S/c1-3-17-11-19-9(13(14,15)16)7-10(20-11)18-8-12(2)5-4-6-21-12/h7H,3-6,8H2,1-2H3,(H2,17,18,19,20). The van der Waals surface area contributed by atoms with Crippen molar-refractivity contribution < 1.29 is 13.2 Å². The molecule has 1 aromatic heterocycles. The number of halogens is 3. The summed E-state index contributed by atoms with van der Waals surface area (Å²) in [5, 5.41) is 5.76. The van der Waals surface area contributed by atoms with E-state index < -0.39 is 11.9 Å². The third-order valence-corrected chi connectivity index (χ3v) is 4.83. The van der Waals surface area contributed by atoms with Crippen molar-refractivity contribution in [2.24, 2.45) is 0 Å². The predicted octanol–water partition coefficient (Wildman–Crippen LogP) is 3.62. The van der Waals surface area contributed by atoms with Gasteiger partial charge in [-0.15, -0.1) is 0 Å². The maximum absolute atomic E-state index is 12.9. The number of hydrogen-bond acceptors (Lipinski definition) is 5. The van der Waals surface area contributed by atoms with E-state index in [0.717, 1.165) is 24.7 Å². The Morgan fingerprint density at radius 3 is 2.67 bits per heavy atom. The zero-order valence-corrected chi connectivity index (χ0v) is 12.9. The molecular formula is C13H19F3N4S. The van der Waals surface area contributed by atoms with Gasteiger partial charge in [0.15, 0.2) is 5.69 Å². The highest BCUT2D eigenvalue weighted by atomic mass is 32.2. The zero-order chi connectivity index (χ0) is 15.5. The predicted molar refractivity (Wildman–Crippen MR) is 79.8 cm³/mol. The van der Waals surface area contributed by atoms with Crippen LogP contribution in [-0.4, -0.2) is 33.6 Å². The van der Waals surface area contributed by atoms with E-state index in [2.05, 4.69) is 27.5 Å². The molecule has 0 aromatic carbocycles. The van der Waals surface area contributed by atoms with Gasteiger partial charge in [-0.2, -0.15) is 29.9 Å². The van der Waals surface area contributed by atoms with Crippen molar-refractivity contribution in [1.82, 2.24) is 9.97 Å². The van der Waals surface area contributed by atoms with E-state index in [1.54, 1.807) is 6.92 Å². The fourth-order valence-electron chi connectivity index (χ4n) is 2.17. The number of aromatic nitrogens is 2. The Morgan fingerprint density at radius 2 is 2.10 bits per heavy atom. The molecule has 21 heavy (non-hydrogen) atoms. The summed E-state index contributed by atoms with van der Waals surface area (Å²) in [7, 11) is 0. The average Bonchev–Trinajstić information content (AvgIpc) is 2.83. The van der Waals surface area contributed by atoms with Gasteiger partial charge in [-0.1, -0.05) is 0 Å². The largest absolute Gasteiger partial charge is 0.433 e. The maximum Gasteiger partial charge on any atom is 0.433 e. The van der Waals surface area contributed by atoms with Crippen LogP contribution >= 0.6 is 11.8 Å². The molecule has 1 atom stereocenters. The Labute approximate surface area is 126 Å². The lowest BCUT2D eigenvalue weighted by Crippen LogP contribution is -2.27. The fourth-order valence-corrected chi connectivity index (χ4v) is 3.42. The molecule has 0 saturated carbocycles. The van der Waals surface area contributed by atoms with E-state index in [1.807, 2.05) is 11.8 Å². The lowest BCUT2D eigenvalue weighted by atomic mass is 10.1. The Hall–Kier alpha value is -1.18. The van der Waals surface area contributed by atoms with Gasteiger partial charge in [-0.3, -0.25) is 0 Å². The highest BCUT2D eigenvalue weighted by Crippen LogP contribution is 2.38. The van der Waals surface area contributed by atoms with Crippen LogP contribution in [0.25, 0.3) is 0 Å². The second-order valence-corrected chi connectivity index (χ2v) is 6.93. The topological polar surface area (TPSA) is 49.8 Å². The van der Waals surface area contributed by atoms with Crippen molar-refractivity contribution in [2.75, 3.05) is 29.5 Å². The van der Waals surface area contributed by atoms with Crippen LogP contribution in [0.5, 0.6) is 0 Å². The Kier molecular flexibility index (Phi) is 4.85. The van der Waals surface area contributed by atoms with Crippen LogP contribution in [0.3, 0.4) is 0 Å². The third kappa shape index (κ3) is 4.39. The zero-order valence-electron chi connectivity index (χ0n) is 12.0. The van der Waals surface area contributed by atoms with E-state index in [0.29, 0.717) is 13.1 Å². The minimum atomic E-state index is -4.48. The molecular weight excluding hydrogens is 301 g/mol. The van der Waals surface area contributed by atoms with Crippen molar-refractivity contribution >= 4 is 23.5 Å². The van der Waals surface area contributed by atoms with Crippen molar-refractivity contribution in [3.8, 4) is 0 Å². The van der Waals surface area contributed by atoms with Gasteiger partial charge in [0, 0.05) is 23.9 Å². The van der Waals surface area contributed by atoms with Gasteiger partial charge >= 0.3 is 6.18 Å². The molecule has 0 spiro atoms. The molecule has 4 nitrogen and oxygen atoms in total. The first-order valence-electron chi connectivity index (χ1n) is 6.90. The van der Waals surface area contributed by atoms with Crippen LogP contribution in [0.1, 0.15) is 32.4 Å². The van der Waals surface area contributed by atoms with Gasteiger partial charge in [-0.05, 0) is 32.4 Å². The molecule has 1 aromatic rings. The number of nitrogens with zero attached hydrogens (tertiary/aromatic N) is 2. The van der Waals surface area contributed by atoms with E-state index in [1.165, 1.54) is 0 Å². The molecule has 8 heteroatoms. The quantitative estimate of drug-likeness (QED) is 0.868. The van der Waals surface area contributed by atoms with E-state index in [-0.39, 0.29) is 16.5 Å². The second kappa shape index (κ2) is 6.29. The first kappa shape index (κ1) is 16.2. The second-order valence-electron chi connectivity index (χ2n) is 5.25. The van der Waals surface area contributed by atoms with E-state index >= 15 is 0 Å². The molecule has 2 heterocycles. The molecule has 1 fully saturated rings. The molecule has 1 aliphatic rings. The SMILES string of the molecule is CCNc1nc(NCC2(C)CCCS2)cc(C(F)(F)F)n1. The van der Waals surface area contributed by atoms with Crippen molar-refractivity contribution in [3.05, 3.63) is 11.8 Å². The monoisotopic (exact) mass is 320 g/mol. The van der Waals surface area contributed by atoms with E-state index in [9.17, 15) is 13.2 Å². The smallest absolute Gasteiger partial charge is 0.369 e. The Bertz CT molecular complexity index is 487. The van der Waals surface area contributed by atoms with Crippen LogP contribution in [-0.2, 0) is 6.18 Å². The third-order valence-electron chi connectivity index (χ3n) is 3.30. The van der Waals surface area contributed by atoms with Gasteiger partial charge in [0.2, 0.25) is 5.95 Å². The van der Waals surface area contributed by atoms with Crippen LogP contribution in [0.2, 0.25) is 0 Å². The molecule has 1 unspecified atom stereocenters. The number of anilines is 2. The van der Waals surface area contributed by atoms with Gasteiger partial charge in [-0.25, -0.2) is 4.98 Å². The summed E-state index contributed by atoms with van der Waals surface area (Å²) >= 11 is 1.84. The fraction of sp³-hybridized carbons (Fsp3) is 0.692. The number of alkyl halides is 3. The van der Waals surface area contributed by atoms with Gasteiger partial charge in [0.1, 0.15) is 5.82 Å². The average molecular weight is 320 g/mol. The molecule has 0 radical (unpaired) electrons. The first-order valence-corrected chi connectivity index (χ1v) is 7.89. The maximum atomic E-state index is 12.9. The summed E-state index contributed by atoms with van der Waals surface area (Å²) < 4.78 is 38.6. The minimum absolute atomic E-state index is 0.000877. The van der Waals surface area contributed by atoms with Crippen LogP contribution in [0, 0.1) is 0 Å². The van der Waals surface area contributed by atoms with Crippen LogP contribution in [0.4, 0.5) is 24.9 Å². The van der Waals surface area contributed by atoms with E-state index in [4.69, 9.17) is 0 Å². The van der Waals surface area contributed by atoms with Gasteiger partial charge in [0.05, 0.1) is 0 Å². The molecule has 2 N–H and O–H groups in total. The van der Waals surface area contributed by atoms with Crippen LogP contribution < -0.4 is 10.6 Å². The van der Waals surface area contributed by atoms with Crippen molar-refractivity contribution in [2.45, 2.75) is 37.6 Å². The van der Waals surface area contributed by atoms with Crippen LogP contribution in [0.15, 0.2) is 6.07 Å². The minimum Gasteiger partial charge on any atom is -0.369 e. The lowest BCUT2D eigenvalue weighted by Gasteiger charge is -2.23. The molecule has 0 aliphatic carbocycles. The Morgan fingerprint density at radius 1 is 1.33 bits per heavy atom. The Balaban J connectivity index is 2.15. The number of rotatable bonds is 5. The summed E-state index contributed by atoms with van der Waals surface area (Å²) in [5.74, 6) is 1.30. The molecule has 0 amide bonds. The van der Waals surface area contributed by atoms with Gasteiger partial charge < -0.3 is 10.6 Å². The number of thioether (sulfide) groups is 1. The number of hydrogen-bond donors (Lipinski definition) is 2. The molecule has 118 valence electrons. The summed E-state index contributed by atoms with van der Waals surface area (Å²) in [6.07, 6.45) is -2.28. The summed E-state index contributed by atoms with van der Waals surface area (Å²) in [4.78, 5) is 7.59.